The Bertz CT molecular complexity index is 699. The molecule has 2 aliphatic rings. The SMILES string of the molecule is CCC1CCC2(CC1)NC(=O)N(CC(=O)Nc1cccc(Br)c1)C2=O. The Morgan fingerprint density at radius 1 is 1.36 bits per heavy atom. The molecule has 3 rings (SSSR count). The van der Waals surface area contributed by atoms with Gasteiger partial charge in [-0.3, -0.25) is 14.5 Å². The molecule has 0 aromatic heterocycles. The maximum Gasteiger partial charge on any atom is 0.325 e. The molecule has 1 aromatic rings. The summed E-state index contributed by atoms with van der Waals surface area (Å²) in [5.41, 5.74) is -0.191. The fourth-order valence-electron chi connectivity index (χ4n) is 3.65. The van der Waals surface area contributed by atoms with Crippen LogP contribution in [0.5, 0.6) is 0 Å². The largest absolute Gasteiger partial charge is 0.325 e. The highest BCUT2D eigenvalue weighted by molar-refractivity contribution is 9.10. The molecule has 1 aliphatic carbocycles. The Hall–Kier alpha value is -1.89. The standard InChI is InChI=1S/C18H22BrN3O3/c1-2-12-6-8-18(9-7-12)16(24)22(17(25)21-18)11-15(23)20-14-5-3-4-13(19)10-14/h3-5,10,12H,2,6-9,11H2,1H3,(H,20,23)(H,21,25). The molecule has 7 heteroatoms. The van der Waals surface area contributed by atoms with Crippen LogP contribution < -0.4 is 10.6 Å². The van der Waals surface area contributed by atoms with Gasteiger partial charge in [-0.15, -0.1) is 0 Å². The summed E-state index contributed by atoms with van der Waals surface area (Å²) in [6, 6.07) is 6.70. The molecule has 2 N–H and O–H groups in total. The topological polar surface area (TPSA) is 78.5 Å². The Balaban J connectivity index is 1.64. The fourth-order valence-corrected chi connectivity index (χ4v) is 4.05. The van der Waals surface area contributed by atoms with Crippen molar-refractivity contribution < 1.29 is 14.4 Å². The summed E-state index contributed by atoms with van der Waals surface area (Å²) in [7, 11) is 0. The lowest BCUT2D eigenvalue weighted by Crippen LogP contribution is -2.49. The van der Waals surface area contributed by atoms with E-state index in [1.807, 2.05) is 6.07 Å². The zero-order valence-electron chi connectivity index (χ0n) is 14.2. The number of hydrogen-bond acceptors (Lipinski definition) is 3. The molecule has 0 radical (unpaired) electrons. The fraction of sp³-hybridized carbons (Fsp3) is 0.500. The van der Waals surface area contributed by atoms with Crippen molar-refractivity contribution in [2.75, 3.05) is 11.9 Å². The van der Waals surface area contributed by atoms with Crippen LogP contribution >= 0.6 is 15.9 Å². The molecule has 0 bridgehead atoms. The number of hydrogen-bond donors (Lipinski definition) is 2. The molecule has 1 saturated carbocycles. The lowest BCUT2D eigenvalue weighted by Gasteiger charge is -2.34. The zero-order valence-corrected chi connectivity index (χ0v) is 15.8. The number of nitrogens with zero attached hydrogens (tertiary/aromatic N) is 1. The number of amides is 4. The first-order chi connectivity index (χ1) is 11.9. The van der Waals surface area contributed by atoms with Gasteiger partial charge < -0.3 is 10.6 Å². The smallest absolute Gasteiger partial charge is 0.324 e. The Labute approximate surface area is 155 Å². The second kappa shape index (κ2) is 7.15. The molecule has 0 unspecified atom stereocenters. The summed E-state index contributed by atoms with van der Waals surface area (Å²) in [4.78, 5) is 38.3. The quantitative estimate of drug-likeness (QED) is 0.751. The van der Waals surface area contributed by atoms with E-state index >= 15 is 0 Å². The number of urea groups is 1. The lowest BCUT2D eigenvalue weighted by atomic mass is 9.75. The van der Waals surface area contributed by atoms with E-state index in [1.165, 1.54) is 0 Å². The van der Waals surface area contributed by atoms with E-state index in [-0.39, 0.29) is 18.4 Å². The van der Waals surface area contributed by atoms with E-state index in [4.69, 9.17) is 0 Å². The van der Waals surface area contributed by atoms with Gasteiger partial charge in [-0.2, -0.15) is 0 Å². The van der Waals surface area contributed by atoms with Crippen LogP contribution in [0, 0.1) is 5.92 Å². The van der Waals surface area contributed by atoms with Crippen LogP contribution in [0.15, 0.2) is 28.7 Å². The van der Waals surface area contributed by atoms with Gasteiger partial charge >= 0.3 is 6.03 Å². The predicted molar refractivity (Wildman–Crippen MR) is 98.0 cm³/mol. The summed E-state index contributed by atoms with van der Waals surface area (Å²) in [6.45, 7) is 1.88. The number of anilines is 1. The van der Waals surface area contributed by atoms with Crippen LogP contribution in [0.4, 0.5) is 10.5 Å². The van der Waals surface area contributed by atoms with Crippen LogP contribution in [0.3, 0.4) is 0 Å². The van der Waals surface area contributed by atoms with Crippen molar-refractivity contribution in [2.24, 2.45) is 5.92 Å². The van der Waals surface area contributed by atoms with Crippen molar-refractivity contribution in [1.82, 2.24) is 10.2 Å². The third-order valence-corrected chi connectivity index (χ3v) is 5.69. The summed E-state index contributed by atoms with van der Waals surface area (Å²) >= 11 is 3.34. The maximum atomic E-state index is 12.8. The zero-order chi connectivity index (χ0) is 18.0. The minimum Gasteiger partial charge on any atom is -0.324 e. The molecular weight excluding hydrogens is 386 g/mol. The first kappa shape index (κ1) is 17.9. The molecule has 134 valence electrons. The Morgan fingerprint density at radius 3 is 2.72 bits per heavy atom. The number of halogens is 1. The van der Waals surface area contributed by atoms with Crippen LogP contribution in [-0.4, -0.2) is 34.8 Å². The highest BCUT2D eigenvalue weighted by atomic mass is 79.9. The van der Waals surface area contributed by atoms with Gasteiger partial charge in [-0.05, 0) is 49.8 Å². The van der Waals surface area contributed by atoms with E-state index in [2.05, 4.69) is 33.5 Å². The number of benzene rings is 1. The molecule has 1 aromatic carbocycles. The van der Waals surface area contributed by atoms with Crippen molar-refractivity contribution in [3.05, 3.63) is 28.7 Å². The monoisotopic (exact) mass is 407 g/mol. The van der Waals surface area contributed by atoms with E-state index in [0.717, 1.165) is 28.6 Å². The van der Waals surface area contributed by atoms with Crippen LogP contribution in [-0.2, 0) is 9.59 Å². The molecule has 1 spiro atoms. The Kier molecular flexibility index (Phi) is 5.13. The van der Waals surface area contributed by atoms with Crippen LogP contribution in [0.2, 0.25) is 0 Å². The van der Waals surface area contributed by atoms with Crippen molar-refractivity contribution in [1.29, 1.82) is 0 Å². The first-order valence-electron chi connectivity index (χ1n) is 8.63. The van der Waals surface area contributed by atoms with E-state index in [9.17, 15) is 14.4 Å². The maximum absolute atomic E-state index is 12.8. The molecule has 1 aliphatic heterocycles. The number of rotatable bonds is 4. The average Bonchev–Trinajstić information content (AvgIpc) is 2.80. The number of carbonyl (C=O) groups excluding carboxylic acids is 3. The number of carbonyl (C=O) groups is 3. The number of imide groups is 1. The highest BCUT2D eigenvalue weighted by Crippen LogP contribution is 2.37. The normalized spacial score (nSPS) is 26.0. The third kappa shape index (κ3) is 3.71. The van der Waals surface area contributed by atoms with Crippen molar-refractivity contribution >= 4 is 39.5 Å². The summed E-state index contributed by atoms with van der Waals surface area (Å²) in [5, 5.41) is 5.56. The molecule has 25 heavy (non-hydrogen) atoms. The third-order valence-electron chi connectivity index (χ3n) is 5.19. The minimum atomic E-state index is -0.807. The van der Waals surface area contributed by atoms with Gasteiger partial charge in [0.05, 0.1) is 0 Å². The van der Waals surface area contributed by atoms with Gasteiger partial charge in [0.2, 0.25) is 5.91 Å². The van der Waals surface area contributed by atoms with Gasteiger partial charge in [0.15, 0.2) is 0 Å². The van der Waals surface area contributed by atoms with Crippen molar-refractivity contribution in [2.45, 2.75) is 44.6 Å². The van der Waals surface area contributed by atoms with Crippen LogP contribution in [0.1, 0.15) is 39.0 Å². The molecular formula is C18H22BrN3O3. The summed E-state index contributed by atoms with van der Waals surface area (Å²) in [5.74, 6) is -0.0402. The second-order valence-electron chi connectivity index (χ2n) is 6.81. The van der Waals surface area contributed by atoms with Gasteiger partial charge in [0.25, 0.3) is 5.91 Å². The molecule has 1 heterocycles. The number of nitrogens with one attached hydrogen (secondary N) is 2. The van der Waals surface area contributed by atoms with E-state index in [0.29, 0.717) is 24.4 Å². The first-order valence-corrected chi connectivity index (χ1v) is 9.42. The van der Waals surface area contributed by atoms with Gasteiger partial charge in [-0.1, -0.05) is 35.3 Å². The summed E-state index contributed by atoms with van der Waals surface area (Å²) < 4.78 is 0.840. The van der Waals surface area contributed by atoms with E-state index < -0.39 is 11.6 Å². The van der Waals surface area contributed by atoms with Gasteiger partial charge in [0, 0.05) is 10.2 Å². The van der Waals surface area contributed by atoms with E-state index in [1.54, 1.807) is 18.2 Å². The molecule has 1 saturated heterocycles. The molecule has 2 fully saturated rings. The summed E-state index contributed by atoms with van der Waals surface area (Å²) in [6.07, 6.45) is 4.26. The predicted octanol–water partition coefficient (Wildman–Crippen LogP) is 3.28. The molecule has 6 nitrogen and oxygen atoms in total. The molecule has 0 atom stereocenters. The van der Waals surface area contributed by atoms with Gasteiger partial charge in [0.1, 0.15) is 12.1 Å². The van der Waals surface area contributed by atoms with Crippen molar-refractivity contribution in [3.63, 3.8) is 0 Å². The average molecular weight is 408 g/mol. The highest BCUT2D eigenvalue weighted by Gasteiger charge is 2.52. The van der Waals surface area contributed by atoms with Gasteiger partial charge in [-0.25, -0.2) is 4.79 Å². The van der Waals surface area contributed by atoms with Crippen LogP contribution in [0.25, 0.3) is 0 Å². The van der Waals surface area contributed by atoms with Crippen molar-refractivity contribution in [3.8, 4) is 0 Å². The minimum absolute atomic E-state index is 0.267. The Morgan fingerprint density at radius 2 is 2.08 bits per heavy atom. The second-order valence-corrected chi connectivity index (χ2v) is 7.73. The molecule has 4 amide bonds. The lowest BCUT2D eigenvalue weighted by molar-refractivity contribution is -0.135.